The van der Waals surface area contributed by atoms with Crippen LogP contribution in [0, 0.1) is 0 Å². The molecule has 2 aliphatic heterocycles. The van der Waals surface area contributed by atoms with Crippen LogP contribution in [0.2, 0.25) is 0 Å². The number of aliphatic hydroxyl groups excluding tert-OH is 1. The number of hydrogen-bond acceptors (Lipinski definition) is 4. The van der Waals surface area contributed by atoms with Crippen molar-refractivity contribution >= 4 is 29.9 Å². The van der Waals surface area contributed by atoms with Crippen LogP contribution in [0.4, 0.5) is 0 Å². The number of pyridine rings is 1. The van der Waals surface area contributed by atoms with Gasteiger partial charge in [-0.05, 0) is 57.0 Å². The van der Waals surface area contributed by atoms with Crippen molar-refractivity contribution in [2.45, 2.75) is 38.3 Å². The van der Waals surface area contributed by atoms with Crippen LogP contribution in [-0.2, 0) is 0 Å². The lowest BCUT2D eigenvalue weighted by atomic mass is 10.1. The van der Waals surface area contributed by atoms with Crippen LogP contribution in [0.1, 0.15) is 37.9 Å². The number of aliphatic imine (C=N–C) groups is 1. The van der Waals surface area contributed by atoms with Crippen molar-refractivity contribution < 1.29 is 5.11 Å². The number of aliphatic hydroxyl groups is 1. The monoisotopic (exact) mass is 459 g/mol. The molecule has 7 heteroatoms. The Bertz CT molecular complexity index is 536. The molecular weight excluding hydrogens is 429 g/mol. The fraction of sp³-hybridized carbons (Fsp3) is 0.667. The van der Waals surface area contributed by atoms with Gasteiger partial charge in [0.15, 0.2) is 5.96 Å². The predicted octanol–water partition coefficient (Wildman–Crippen LogP) is 1.87. The zero-order valence-electron chi connectivity index (χ0n) is 15.0. The first-order valence-electron chi connectivity index (χ1n) is 9.13. The second-order valence-electron chi connectivity index (χ2n) is 6.62. The molecule has 0 radical (unpaired) electrons. The number of likely N-dealkylation sites (tertiary alicyclic amines) is 2. The summed E-state index contributed by atoms with van der Waals surface area (Å²) in [6.45, 7) is 7.87. The first kappa shape index (κ1) is 20.4. The maximum absolute atomic E-state index is 10.3. The zero-order valence-corrected chi connectivity index (χ0v) is 17.3. The molecule has 140 valence electrons. The summed E-state index contributed by atoms with van der Waals surface area (Å²) in [5.74, 6) is 0.923. The van der Waals surface area contributed by atoms with Crippen LogP contribution in [0.5, 0.6) is 0 Å². The van der Waals surface area contributed by atoms with E-state index in [0.717, 1.165) is 31.2 Å². The highest BCUT2D eigenvalue weighted by molar-refractivity contribution is 14.0. The molecule has 6 nitrogen and oxygen atoms in total. The van der Waals surface area contributed by atoms with Gasteiger partial charge in [0.2, 0.25) is 0 Å². The highest BCUT2D eigenvalue weighted by Crippen LogP contribution is 2.20. The van der Waals surface area contributed by atoms with Crippen LogP contribution in [0.15, 0.2) is 29.5 Å². The van der Waals surface area contributed by atoms with Crippen molar-refractivity contribution in [3.8, 4) is 0 Å². The van der Waals surface area contributed by atoms with Gasteiger partial charge in [0.05, 0.1) is 12.6 Å². The Morgan fingerprint density at radius 1 is 1.32 bits per heavy atom. The Hall–Kier alpha value is -0.930. The third-order valence-electron chi connectivity index (χ3n) is 4.96. The van der Waals surface area contributed by atoms with Gasteiger partial charge in [-0.2, -0.15) is 0 Å². The molecule has 0 aliphatic carbocycles. The van der Waals surface area contributed by atoms with Crippen molar-refractivity contribution in [1.29, 1.82) is 0 Å². The Kier molecular flexibility index (Phi) is 8.38. The summed E-state index contributed by atoms with van der Waals surface area (Å²) in [4.78, 5) is 13.6. The molecule has 3 heterocycles. The molecule has 2 saturated heterocycles. The summed E-state index contributed by atoms with van der Waals surface area (Å²) in [7, 11) is 0. The SMILES string of the molecule is CCNC(=NCC(O)c1ccncc1)N1CCC(N2CCCC2)C1.I. The van der Waals surface area contributed by atoms with Gasteiger partial charge in [0.25, 0.3) is 0 Å². The van der Waals surface area contributed by atoms with Gasteiger partial charge in [-0.15, -0.1) is 24.0 Å². The minimum absolute atomic E-state index is 0. The van der Waals surface area contributed by atoms with E-state index >= 15 is 0 Å². The van der Waals surface area contributed by atoms with Crippen molar-refractivity contribution in [2.75, 3.05) is 39.3 Å². The van der Waals surface area contributed by atoms with E-state index in [4.69, 9.17) is 0 Å². The van der Waals surface area contributed by atoms with E-state index in [1.54, 1.807) is 12.4 Å². The summed E-state index contributed by atoms with van der Waals surface area (Å²) >= 11 is 0. The van der Waals surface area contributed by atoms with Crippen molar-refractivity contribution in [3.05, 3.63) is 30.1 Å². The largest absolute Gasteiger partial charge is 0.386 e. The number of guanidine groups is 1. The smallest absolute Gasteiger partial charge is 0.194 e. The lowest BCUT2D eigenvalue weighted by Gasteiger charge is -2.25. The van der Waals surface area contributed by atoms with E-state index in [9.17, 15) is 5.11 Å². The van der Waals surface area contributed by atoms with Gasteiger partial charge in [-0.25, -0.2) is 0 Å². The Labute approximate surface area is 167 Å². The van der Waals surface area contributed by atoms with Crippen molar-refractivity contribution in [3.63, 3.8) is 0 Å². The van der Waals surface area contributed by atoms with Gasteiger partial charge >= 0.3 is 0 Å². The molecule has 1 aromatic rings. The minimum Gasteiger partial charge on any atom is -0.386 e. The van der Waals surface area contributed by atoms with Crippen LogP contribution < -0.4 is 5.32 Å². The number of aromatic nitrogens is 1. The fourth-order valence-electron chi connectivity index (χ4n) is 3.63. The first-order valence-corrected chi connectivity index (χ1v) is 9.13. The summed E-state index contributed by atoms with van der Waals surface area (Å²) in [6, 6.07) is 4.33. The van der Waals surface area contributed by atoms with Crippen LogP contribution in [-0.4, -0.2) is 71.2 Å². The maximum Gasteiger partial charge on any atom is 0.194 e. The van der Waals surface area contributed by atoms with E-state index < -0.39 is 6.10 Å². The number of hydrogen-bond donors (Lipinski definition) is 2. The molecule has 0 aromatic carbocycles. The number of nitrogens with zero attached hydrogens (tertiary/aromatic N) is 4. The molecule has 1 aromatic heterocycles. The molecule has 0 amide bonds. The van der Waals surface area contributed by atoms with Crippen molar-refractivity contribution in [1.82, 2.24) is 20.1 Å². The van der Waals surface area contributed by atoms with Crippen LogP contribution in [0.25, 0.3) is 0 Å². The number of rotatable bonds is 5. The molecule has 2 aliphatic rings. The summed E-state index contributed by atoms with van der Waals surface area (Å²) in [5.41, 5.74) is 0.862. The molecule has 0 saturated carbocycles. The lowest BCUT2D eigenvalue weighted by Crippen LogP contribution is -2.43. The Morgan fingerprint density at radius 3 is 2.72 bits per heavy atom. The second-order valence-corrected chi connectivity index (χ2v) is 6.62. The van der Waals surface area contributed by atoms with E-state index in [0.29, 0.717) is 12.6 Å². The topological polar surface area (TPSA) is 64.0 Å². The van der Waals surface area contributed by atoms with Gasteiger partial charge < -0.3 is 15.3 Å². The minimum atomic E-state index is -0.585. The molecular formula is C18H30IN5O. The molecule has 0 spiro atoms. The van der Waals surface area contributed by atoms with E-state index in [1.165, 1.54) is 32.4 Å². The standard InChI is InChI=1S/C18H29N5O.HI/c1-2-20-18(21-13-17(24)15-5-8-19-9-6-15)23-12-7-16(14-23)22-10-3-4-11-22;/h5-6,8-9,16-17,24H,2-4,7,10-14H2,1H3,(H,20,21);1H. The van der Waals surface area contributed by atoms with Gasteiger partial charge in [-0.1, -0.05) is 0 Å². The molecule has 3 rings (SSSR count). The normalized spacial score (nSPS) is 22.7. The van der Waals surface area contributed by atoms with Crippen molar-refractivity contribution in [2.24, 2.45) is 4.99 Å². The lowest BCUT2D eigenvalue weighted by molar-refractivity contribution is 0.186. The molecule has 0 bridgehead atoms. The molecule has 2 atom stereocenters. The molecule has 2 fully saturated rings. The Morgan fingerprint density at radius 2 is 2.04 bits per heavy atom. The second kappa shape index (κ2) is 10.3. The molecule has 25 heavy (non-hydrogen) atoms. The Balaban J connectivity index is 0.00000225. The van der Waals surface area contributed by atoms with Crippen LogP contribution >= 0.6 is 24.0 Å². The third-order valence-corrected chi connectivity index (χ3v) is 4.96. The summed E-state index contributed by atoms with van der Waals surface area (Å²) in [5, 5.41) is 13.7. The molecule has 2 unspecified atom stereocenters. The van der Waals surface area contributed by atoms with Gasteiger partial charge in [-0.3, -0.25) is 14.9 Å². The third kappa shape index (κ3) is 5.52. The number of nitrogens with one attached hydrogen (secondary N) is 1. The number of halogens is 1. The van der Waals surface area contributed by atoms with E-state index in [2.05, 4.69) is 32.0 Å². The fourth-order valence-corrected chi connectivity index (χ4v) is 3.63. The average Bonchev–Trinajstić information content (AvgIpc) is 3.30. The van der Waals surface area contributed by atoms with Gasteiger partial charge in [0.1, 0.15) is 0 Å². The summed E-state index contributed by atoms with van der Waals surface area (Å²) in [6.07, 6.45) is 6.70. The molecule has 2 N–H and O–H groups in total. The predicted molar refractivity (Wildman–Crippen MR) is 111 cm³/mol. The van der Waals surface area contributed by atoms with Crippen LogP contribution in [0.3, 0.4) is 0 Å². The van der Waals surface area contributed by atoms with E-state index in [1.807, 2.05) is 12.1 Å². The highest BCUT2D eigenvalue weighted by atomic mass is 127. The maximum atomic E-state index is 10.3. The average molecular weight is 459 g/mol. The highest BCUT2D eigenvalue weighted by Gasteiger charge is 2.30. The zero-order chi connectivity index (χ0) is 16.8. The van der Waals surface area contributed by atoms with E-state index in [-0.39, 0.29) is 24.0 Å². The quantitative estimate of drug-likeness (QED) is 0.400. The summed E-state index contributed by atoms with van der Waals surface area (Å²) < 4.78 is 0. The van der Waals surface area contributed by atoms with Gasteiger partial charge in [0, 0.05) is 38.1 Å². The first-order chi connectivity index (χ1) is 11.8.